The van der Waals surface area contributed by atoms with Crippen LogP contribution in [0.5, 0.6) is 0 Å². The highest BCUT2D eigenvalue weighted by Crippen LogP contribution is 2.26. The molecule has 0 fully saturated rings. The lowest BCUT2D eigenvalue weighted by atomic mass is 10.2. The quantitative estimate of drug-likeness (QED) is 0.893. The third-order valence-corrected chi connectivity index (χ3v) is 3.16. The average Bonchev–Trinajstić information content (AvgIpc) is 2.58. The lowest BCUT2D eigenvalue weighted by Crippen LogP contribution is -2.35. The fourth-order valence-electron chi connectivity index (χ4n) is 1.17. The average molecular weight is 278 g/mol. The third kappa shape index (κ3) is 4.93. The Morgan fingerprint density at radius 1 is 1.59 bits per heavy atom. The van der Waals surface area contributed by atoms with Gasteiger partial charge in [0.05, 0.1) is 17.0 Å². The normalized spacial score (nSPS) is 13.2. The van der Waals surface area contributed by atoms with E-state index in [0.29, 0.717) is 4.34 Å². The lowest BCUT2D eigenvalue weighted by Gasteiger charge is -2.22. The lowest BCUT2D eigenvalue weighted by molar-refractivity contribution is 0.0483. The SMILES string of the molecule is CC(C)(C)OC(=O)N[C@H](CO)c1ccc(Cl)s1. The summed E-state index contributed by atoms with van der Waals surface area (Å²) in [6.07, 6.45) is -0.555. The summed E-state index contributed by atoms with van der Waals surface area (Å²) < 4.78 is 5.72. The molecule has 2 N–H and O–H groups in total. The molecule has 1 heterocycles. The molecule has 96 valence electrons. The summed E-state index contributed by atoms with van der Waals surface area (Å²) in [4.78, 5) is 12.3. The van der Waals surface area contributed by atoms with Crippen LogP contribution in [0.3, 0.4) is 0 Å². The van der Waals surface area contributed by atoms with Crippen molar-refractivity contribution in [3.63, 3.8) is 0 Å². The number of halogens is 1. The Hall–Kier alpha value is -0.780. The zero-order chi connectivity index (χ0) is 13.1. The van der Waals surface area contributed by atoms with Gasteiger partial charge in [-0.1, -0.05) is 11.6 Å². The molecule has 1 aromatic heterocycles. The minimum absolute atomic E-state index is 0.198. The van der Waals surface area contributed by atoms with Crippen molar-refractivity contribution in [3.05, 3.63) is 21.3 Å². The third-order valence-electron chi connectivity index (χ3n) is 1.81. The molecule has 0 saturated carbocycles. The van der Waals surface area contributed by atoms with Crippen LogP contribution < -0.4 is 5.32 Å². The Bertz CT molecular complexity index is 386. The van der Waals surface area contributed by atoms with Gasteiger partial charge in [0.25, 0.3) is 0 Å². The Kier molecular flexibility index (Phi) is 4.80. The Labute approximate surface area is 110 Å². The maximum Gasteiger partial charge on any atom is 0.408 e. The van der Waals surface area contributed by atoms with Crippen LogP contribution in [-0.4, -0.2) is 23.4 Å². The van der Waals surface area contributed by atoms with Gasteiger partial charge in [-0.15, -0.1) is 11.3 Å². The highest BCUT2D eigenvalue weighted by molar-refractivity contribution is 7.16. The highest BCUT2D eigenvalue weighted by Gasteiger charge is 2.20. The molecule has 1 atom stereocenters. The van der Waals surface area contributed by atoms with Crippen LogP contribution in [-0.2, 0) is 4.74 Å². The van der Waals surface area contributed by atoms with Crippen LogP contribution in [0.2, 0.25) is 4.34 Å². The molecule has 17 heavy (non-hydrogen) atoms. The summed E-state index contributed by atoms with van der Waals surface area (Å²) in [5.41, 5.74) is -0.558. The zero-order valence-corrected chi connectivity index (χ0v) is 11.6. The van der Waals surface area contributed by atoms with Gasteiger partial charge < -0.3 is 15.2 Å². The van der Waals surface area contributed by atoms with Crippen molar-refractivity contribution >= 4 is 29.0 Å². The summed E-state index contributed by atoms with van der Waals surface area (Å²) in [7, 11) is 0. The van der Waals surface area contributed by atoms with Crippen molar-refractivity contribution < 1.29 is 14.6 Å². The van der Waals surface area contributed by atoms with Crippen LogP contribution in [0.15, 0.2) is 12.1 Å². The molecule has 0 saturated heterocycles. The van der Waals surface area contributed by atoms with Crippen molar-refractivity contribution in [2.45, 2.75) is 32.4 Å². The number of carbonyl (C=O) groups is 1. The molecule has 6 heteroatoms. The number of carbonyl (C=O) groups excluding carboxylic acids is 1. The molecule has 4 nitrogen and oxygen atoms in total. The number of ether oxygens (including phenoxy) is 1. The summed E-state index contributed by atoms with van der Waals surface area (Å²) >= 11 is 7.11. The summed E-state index contributed by atoms with van der Waals surface area (Å²) in [5.74, 6) is 0. The van der Waals surface area contributed by atoms with E-state index in [9.17, 15) is 9.90 Å². The van der Waals surface area contributed by atoms with E-state index in [1.807, 2.05) is 0 Å². The van der Waals surface area contributed by atoms with Gasteiger partial charge in [0.1, 0.15) is 5.60 Å². The molecule has 0 unspecified atom stereocenters. The Morgan fingerprint density at radius 2 is 2.24 bits per heavy atom. The van der Waals surface area contributed by atoms with E-state index in [4.69, 9.17) is 16.3 Å². The van der Waals surface area contributed by atoms with Gasteiger partial charge in [-0.3, -0.25) is 0 Å². The number of alkyl carbamates (subject to hydrolysis) is 1. The number of aliphatic hydroxyl groups is 1. The van der Waals surface area contributed by atoms with Gasteiger partial charge in [-0.2, -0.15) is 0 Å². The van der Waals surface area contributed by atoms with Crippen molar-refractivity contribution in [2.75, 3.05) is 6.61 Å². The largest absolute Gasteiger partial charge is 0.444 e. The van der Waals surface area contributed by atoms with Gasteiger partial charge in [0.15, 0.2) is 0 Å². The zero-order valence-electron chi connectivity index (χ0n) is 9.99. The standard InChI is InChI=1S/C11H16ClNO3S/c1-11(2,3)16-10(15)13-7(6-14)8-4-5-9(12)17-8/h4-5,7,14H,6H2,1-3H3,(H,13,15)/t7-/m1/s1. The first-order chi connectivity index (χ1) is 7.81. The van der Waals surface area contributed by atoms with Crippen molar-refractivity contribution in [1.82, 2.24) is 5.32 Å². The first kappa shape index (κ1) is 14.3. The number of rotatable bonds is 3. The van der Waals surface area contributed by atoms with Crippen LogP contribution in [0.4, 0.5) is 4.79 Å². The minimum atomic E-state index is -0.558. The molecule has 0 aliphatic heterocycles. The maximum absolute atomic E-state index is 11.5. The first-order valence-electron chi connectivity index (χ1n) is 5.17. The fraction of sp³-hybridized carbons (Fsp3) is 0.545. The summed E-state index contributed by atoms with van der Waals surface area (Å²) in [5, 5.41) is 11.8. The Balaban J connectivity index is 2.62. The first-order valence-corrected chi connectivity index (χ1v) is 6.37. The summed E-state index contributed by atoms with van der Waals surface area (Å²) in [6, 6.07) is 3.01. The van der Waals surface area contributed by atoms with E-state index in [0.717, 1.165) is 4.88 Å². The van der Waals surface area contributed by atoms with Crippen molar-refractivity contribution in [1.29, 1.82) is 0 Å². The van der Waals surface area contributed by atoms with Crippen molar-refractivity contribution in [2.24, 2.45) is 0 Å². The van der Waals surface area contributed by atoms with Crippen LogP contribution in [0.25, 0.3) is 0 Å². The molecule has 1 rings (SSSR count). The molecule has 0 bridgehead atoms. The van der Waals surface area contributed by atoms with E-state index in [2.05, 4.69) is 5.32 Å². The smallest absolute Gasteiger partial charge is 0.408 e. The molecular formula is C11H16ClNO3S. The van der Waals surface area contributed by atoms with E-state index < -0.39 is 17.7 Å². The second-order valence-electron chi connectivity index (χ2n) is 4.52. The molecule has 0 aromatic carbocycles. The van der Waals surface area contributed by atoms with E-state index in [1.54, 1.807) is 32.9 Å². The predicted octanol–water partition coefficient (Wildman–Crippen LogP) is 2.96. The van der Waals surface area contributed by atoms with Crippen LogP contribution in [0, 0.1) is 0 Å². The Morgan fingerprint density at radius 3 is 2.65 bits per heavy atom. The van der Waals surface area contributed by atoms with Gasteiger partial charge in [-0.05, 0) is 32.9 Å². The predicted molar refractivity (Wildman–Crippen MR) is 68.5 cm³/mol. The maximum atomic E-state index is 11.5. The molecule has 1 amide bonds. The number of thiophene rings is 1. The van der Waals surface area contributed by atoms with Gasteiger partial charge in [-0.25, -0.2) is 4.79 Å². The summed E-state index contributed by atoms with van der Waals surface area (Å²) in [6.45, 7) is 5.14. The number of aliphatic hydroxyl groups excluding tert-OH is 1. The molecule has 0 aliphatic rings. The number of hydrogen-bond donors (Lipinski definition) is 2. The van der Waals surface area contributed by atoms with Crippen LogP contribution >= 0.6 is 22.9 Å². The highest BCUT2D eigenvalue weighted by atomic mass is 35.5. The topological polar surface area (TPSA) is 58.6 Å². The number of hydrogen-bond acceptors (Lipinski definition) is 4. The molecule has 1 aromatic rings. The minimum Gasteiger partial charge on any atom is -0.444 e. The monoisotopic (exact) mass is 277 g/mol. The second-order valence-corrected chi connectivity index (χ2v) is 6.27. The van der Waals surface area contributed by atoms with Gasteiger partial charge >= 0.3 is 6.09 Å². The van der Waals surface area contributed by atoms with Gasteiger partial charge in [0.2, 0.25) is 0 Å². The number of amides is 1. The van der Waals surface area contributed by atoms with E-state index >= 15 is 0 Å². The molecule has 0 aliphatic carbocycles. The van der Waals surface area contributed by atoms with E-state index in [1.165, 1.54) is 11.3 Å². The molecular weight excluding hydrogens is 262 g/mol. The van der Waals surface area contributed by atoms with Crippen molar-refractivity contribution in [3.8, 4) is 0 Å². The molecule has 0 spiro atoms. The molecule has 0 radical (unpaired) electrons. The fourth-order valence-corrected chi connectivity index (χ4v) is 2.28. The second kappa shape index (κ2) is 5.71. The number of nitrogens with one attached hydrogen (secondary N) is 1. The van der Waals surface area contributed by atoms with Crippen LogP contribution in [0.1, 0.15) is 31.7 Å². The van der Waals surface area contributed by atoms with E-state index in [-0.39, 0.29) is 6.61 Å². The van der Waals surface area contributed by atoms with Gasteiger partial charge in [0, 0.05) is 4.88 Å².